The first-order valence-electron chi connectivity index (χ1n) is 5.42. The molecule has 2 N–H and O–H groups in total. The van der Waals surface area contributed by atoms with Gasteiger partial charge >= 0.3 is 11.9 Å². The number of carbonyl (C=O) groups excluding carboxylic acids is 2. The Morgan fingerprint density at radius 1 is 1.21 bits per heavy atom. The van der Waals surface area contributed by atoms with E-state index in [1.165, 1.54) is 20.3 Å². The minimum Gasteiger partial charge on any atom is -0.464 e. The number of rotatable bonds is 5. The lowest BCUT2D eigenvalue weighted by molar-refractivity contribution is -0.138. The van der Waals surface area contributed by atoms with Crippen LogP contribution in [0.15, 0.2) is 30.0 Å². The summed E-state index contributed by atoms with van der Waals surface area (Å²) in [4.78, 5) is 22.3. The Labute approximate surface area is 110 Å². The molecule has 0 aliphatic heterocycles. The van der Waals surface area contributed by atoms with Crippen LogP contribution in [0, 0.1) is 0 Å². The van der Waals surface area contributed by atoms with Gasteiger partial charge in [0.2, 0.25) is 0 Å². The van der Waals surface area contributed by atoms with E-state index in [1.807, 2.05) is 0 Å². The van der Waals surface area contributed by atoms with Gasteiger partial charge in [-0.25, -0.2) is 9.59 Å². The number of carbonyl (C=O) groups is 2. The first kappa shape index (κ1) is 14.7. The summed E-state index contributed by atoms with van der Waals surface area (Å²) in [7, 11) is 2.66. The van der Waals surface area contributed by atoms with Crippen LogP contribution in [0.2, 0.25) is 0 Å². The van der Waals surface area contributed by atoms with E-state index in [4.69, 9.17) is 10.5 Å². The van der Waals surface area contributed by atoms with Crippen LogP contribution >= 0.6 is 0 Å². The molecule has 1 aromatic rings. The second-order valence-corrected chi connectivity index (χ2v) is 3.57. The molecular formula is C13H15NO5. The summed E-state index contributed by atoms with van der Waals surface area (Å²) in [5.74, 6) is -0.702. The average Bonchev–Trinajstić information content (AvgIpc) is 2.40. The highest BCUT2D eigenvalue weighted by atomic mass is 16.6. The standard InChI is InChI=1S/C13H15NO5/c1-17-8-12(15)19-10-5-3-9(4-6-10)7-11(14)13(16)18-2/h3-7H,8,14H2,1-2H3. The monoisotopic (exact) mass is 265 g/mol. The van der Waals surface area contributed by atoms with Crippen molar-refractivity contribution in [2.24, 2.45) is 5.73 Å². The van der Waals surface area contributed by atoms with Crippen LogP contribution in [0.3, 0.4) is 0 Å². The maximum atomic E-state index is 11.2. The highest BCUT2D eigenvalue weighted by Gasteiger charge is 2.05. The third kappa shape index (κ3) is 4.81. The Bertz CT molecular complexity index is 478. The molecule has 0 heterocycles. The molecule has 0 aliphatic carbocycles. The normalized spacial score (nSPS) is 10.9. The minimum absolute atomic E-state index is 0.00775. The van der Waals surface area contributed by atoms with Gasteiger partial charge < -0.3 is 19.9 Å². The average molecular weight is 265 g/mol. The zero-order valence-electron chi connectivity index (χ0n) is 10.7. The van der Waals surface area contributed by atoms with E-state index in [0.717, 1.165) is 0 Å². The van der Waals surface area contributed by atoms with Crippen molar-refractivity contribution in [1.29, 1.82) is 0 Å². The molecule has 0 amide bonds. The van der Waals surface area contributed by atoms with Gasteiger partial charge in [0.05, 0.1) is 7.11 Å². The molecule has 0 bridgehead atoms. The molecule has 6 nitrogen and oxygen atoms in total. The second-order valence-electron chi connectivity index (χ2n) is 3.57. The van der Waals surface area contributed by atoms with Gasteiger partial charge in [0.25, 0.3) is 0 Å². The predicted molar refractivity (Wildman–Crippen MR) is 68.1 cm³/mol. The number of hydrogen-bond donors (Lipinski definition) is 1. The van der Waals surface area contributed by atoms with Gasteiger partial charge in [0.1, 0.15) is 18.1 Å². The Morgan fingerprint density at radius 2 is 1.84 bits per heavy atom. The molecule has 0 atom stereocenters. The second kappa shape index (κ2) is 7.17. The number of ether oxygens (including phenoxy) is 3. The first-order valence-corrected chi connectivity index (χ1v) is 5.42. The fraction of sp³-hybridized carbons (Fsp3) is 0.231. The third-order valence-electron chi connectivity index (χ3n) is 2.12. The maximum Gasteiger partial charge on any atom is 0.353 e. The van der Waals surface area contributed by atoms with E-state index in [2.05, 4.69) is 9.47 Å². The first-order chi connectivity index (χ1) is 9.06. The van der Waals surface area contributed by atoms with E-state index >= 15 is 0 Å². The van der Waals surface area contributed by atoms with Gasteiger partial charge in [-0.2, -0.15) is 0 Å². The van der Waals surface area contributed by atoms with Crippen molar-refractivity contribution in [3.05, 3.63) is 35.5 Å². The van der Waals surface area contributed by atoms with Crippen LogP contribution in [0.25, 0.3) is 6.08 Å². The van der Waals surface area contributed by atoms with Gasteiger partial charge in [0.15, 0.2) is 0 Å². The zero-order chi connectivity index (χ0) is 14.3. The van der Waals surface area contributed by atoms with E-state index < -0.39 is 11.9 Å². The number of benzene rings is 1. The van der Waals surface area contributed by atoms with Crippen molar-refractivity contribution in [3.8, 4) is 5.75 Å². The number of esters is 2. The molecule has 6 heteroatoms. The summed E-state index contributed by atoms with van der Waals surface area (Å²) < 4.78 is 14.1. The largest absolute Gasteiger partial charge is 0.464 e. The fourth-order valence-electron chi connectivity index (χ4n) is 1.27. The molecule has 0 aromatic heterocycles. The highest BCUT2D eigenvalue weighted by Crippen LogP contribution is 2.14. The van der Waals surface area contributed by atoms with Crippen LogP contribution < -0.4 is 10.5 Å². The van der Waals surface area contributed by atoms with Gasteiger partial charge in [-0.05, 0) is 23.8 Å². The SMILES string of the molecule is COCC(=O)Oc1ccc(C=C(N)C(=O)OC)cc1. The molecular weight excluding hydrogens is 250 g/mol. The molecule has 0 spiro atoms. The molecule has 0 radical (unpaired) electrons. The van der Waals surface area contributed by atoms with Crippen LogP contribution in [0.4, 0.5) is 0 Å². The van der Waals surface area contributed by atoms with Gasteiger partial charge in [-0.15, -0.1) is 0 Å². The van der Waals surface area contributed by atoms with Crippen LogP contribution in [-0.4, -0.2) is 32.8 Å². The quantitative estimate of drug-likeness (QED) is 0.479. The summed E-state index contributed by atoms with van der Waals surface area (Å²) in [6.45, 7) is -0.114. The smallest absolute Gasteiger partial charge is 0.353 e. The molecule has 0 aliphatic rings. The van der Waals surface area contributed by atoms with E-state index in [9.17, 15) is 9.59 Å². The maximum absolute atomic E-state index is 11.2. The Morgan fingerprint density at radius 3 is 2.37 bits per heavy atom. The fourth-order valence-corrected chi connectivity index (χ4v) is 1.27. The topological polar surface area (TPSA) is 87.9 Å². The van der Waals surface area contributed by atoms with Crippen molar-refractivity contribution in [1.82, 2.24) is 0 Å². The molecule has 0 fully saturated rings. The Kier molecular flexibility index (Phi) is 5.56. The molecule has 0 saturated carbocycles. The summed E-state index contributed by atoms with van der Waals surface area (Å²) >= 11 is 0. The van der Waals surface area contributed by atoms with E-state index in [-0.39, 0.29) is 12.3 Å². The Hall–Kier alpha value is -2.34. The molecule has 19 heavy (non-hydrogen) atoms. The van der Waals surface area contributed by atoms with Crippen LogP contribution in [0.1, 0.15) is 5.56 Å². The lowest BCUT2D eigenvalue weighted by Gasteiger charge is -2.04. The van der Waals surface area contributed by atoms with E-state index in [1.54, 1.807) is 24.3 Å². The molecule has 1 rings (SSSR count). The number of nitrogens with two attached hydrogens (primary N) is 1. The lowest BCUT2D eigenvalue weighted by atomic mass is 10.2. The van der Waals surface area contributed by atoms with Gasteiger partial charge in [-0.1, -0.05) is 12.1 Å². The summed E-state index contributed by atoms with van der Waals surface area (Å²) in [6, 6.07) is 6.49. The van der Waals surface area contributed by atoms with Gasteiger partial charge in [-0.3, -0.25) is 0 Å². The molecule has 102 valence electrons. The lowest BCUT2D eigenvalue weighted by Crippen LogP contribution is -2.14. The molecule has 1 aromatic carbocycles. The van der Waals surface area contributed by atoms with Crippen molar-refractivity contribution in [3.63, 3.8) is 0 Å². The molecule has 0 unspecified atom stereocenters. The van der Waals surface area contributed by atoms with E-state index in [0.29, 0.717) is 11.3 Å². The van der Waals surface area contributed by atoms with Gasteiger partial charge in [0, 0.05) is 7.11 Å². The Balaban J connectivity index is 2.71. The number of hydrogen-bond acceptors (Lipinski definition) is 6. The number of methoxy groups -OCH3 is 2. The molecule has 0 saturated heterocycles. The van der Waals surface area contributed by atoms with Crippen LogP contribution in [-0.2, 0) is 19.1 Å². The highest BCUT2D eigenvalue weighted by molar-refractivity contribution is 5.92. The summed E-state index contributed by atoms with van der Waals surface area (Å²) in [5.41, 5.74) is 6.18. The van der Waals surface area contributed by atoms with Crippen molar-refractivity contribution in [2.45, 2.75) is 0 Å². The predicted octanol–water partition coefficient (Wildman–Crippen LogP) is 0.711. The minimum atomic E-state index is -0.601. The van der Waals surface area contributed by atoms with Crippen molar-refractivity contribution >= 4 is 18.0 Å². The summed E-state index contributed by atoms with van der Waals surface area (Å²) in [6.07, 6.45) is 1.46. The van der Waals surface area contributed by atoms with Crippen molar-refractivity contribution in [2.75, 3.05) is 20.8 Å². The summed E-state index contributed by atoms with van der Waals surface area (Å²) in [5, 5.41) is 0. The zero-order valence-corrected chi connectivity index (χ0v) is 10.7. The van der Waals surface area contributed by atoms with Crippen LogP contribution in [0.5, 0.6) is 5.75 Å². The van der Waals surface area contributed by atoms with Crippen molar-refractivity contribution < 1.29 is 23.8 Å². The third-order valence-corrected chi connectivity index (χ3v) is 2.12.